The van der Waals surface area contributed by atoms with E-state index in [0.29, 0.717) is 30.5 Å². The molecule has 136 valence electrons. The molecule has 1 fully saturated rings. The van der Waals surface area contributed by atoms with Gasteiger partial charge in [-0.05, 0) is 48.6 Å². The van der Waals surface area contributed by atoms with Gasteiger partial charge in [0.15, 0.2) is 0 Å². The van der Waals surface area contributed by atoms with Crippen LogP contribution >= 0.6 is 11.6 Å². The Morgan fingerprint density at radius 3 is 2.58 bits per heavy atom. The van der Waals surface area contributed by atoms with E-state index in [4.69, 9.17) is 11.6 Å². The third-order valence-corrected chi connectivity index (χ3v) is 5.16. The lowest BCUT2D eigenvalue weighted by Gasteiger charge is -2.17. The van der Waals surface area contributed by atoms with Gasteiger partial charge in [0.05, 0.1) is 0 Å². The summed E-state index contributed by atoms with van der Waals surface area (Å²) in [6, 6.07) is 17.3. The Morgan fingerprint density at radius 1 is 1.19 bits per heavy atom. The van der Waals surface area contributed by atoms with E-state index in [2.05, 4.69) is 24.4 Å². The van der Waals surface area contributed by atoms with Crippen molar-refractivity contribution in [2.75, 3.05) is 18.0 Å². The highest BCUT2D eigenvalue weighted by molar-refractivity contribution is 6.30. The molecule has 0 spiro atoms. The maximum Gasteiger partial charge on any atom is 0.239 e. The Kier molecular flexibility index (Phi) is 5.94. The summed E-state index contributed by atoms with van der Waals surface area (Å²) >= 11 is 5.89. The van der Waals surface area contributed by atoms with Crippen molar-refractivity contribution in [3.63, 3.8) is 0 Å². The fourth-order valence-corrected chi connectivity index (χ4v) is 3.41. The number of benzene rings is 2. The van der Waals surface area contributed by atoms with Crippen LogP contribution in [0.3, 0.4) is 0 Å². The van der Waals surface area contributed by atoms with E-state index >= 15 is 0 Å². The number of rotatable bonds is 6. The van der Waals surface area contributed by atoms with Crippen LogP contribution in [0.15, 0.2) is 54.6 Å². The average molecular weight is 371 g/mol. The summed E-state index contributed by atoms with van der Waals surface area (Å²) in [5.74, 6) is -0.549. The predicted molar refractivity (Wildman–Crippen MR) is 104 cm³/mol. The summed E-state index contributed by atoms with van der Waals surface area (Å²) in [4.78, 5) is 26.7. The summed E-state index contributed by atoms with van der Waals surface area (Å²) in [5, 5.41) is 3.56. The highest BCUT2D eigenvalue weighted by Crippen LogP contribution is 2.26. The first-order valence-corrected chi connectivity index (χ1v) is 9.33. The number of carbonyl (C=O) groups excluding carboxylic acids is 2. The van der Waals surface area contributed by atoms with Gasteiger partial charge in [-0.2, -0.15) is 0 Å². The topological polar surface area (TPSA) is 49.4 Å². The Labute approximate surface area is 159 Å². The molecule has 0 aliphatic carbocycles. The molecule has 2 aromatic carbocycles. The molecular weight excluding hydrogens is 348 g/mol. The molecule has 2 aromatic rings. The molecule has 0 radical (unpaired) electrons. The largest absolute Gasteiger partial charge is 0.355 e. The third-order valence-electron chi connectivity index (χ3n) is 4.91. The molecular formula is C21H23ClN2O2. The van der Waals surface area contributed by atoms with Crippen LogP contribution in [0.5, 0.6) is 0 Å². The van der Waals surface area contributed by atoms with Crippen LogP contribution in [0.4, 0.5) is 5.69 Å². The van der Waals surface area contributed by atoms with Gasteiger partial charge in [0.2, 0.25) is 11.8 Å². The summed E-state index contributed by atoms with van der Waals surface area (Å²) in [6.07, 6.45) is 1.39. The number of anilines is 1. The Morgan fingerprint density at radius 2 is 1.88 bits per heavy atom. The van der Waals surface area contributed by atoms with Crippen LogP contribution in [0.2, 0.25) is 5.02 Å². The van der Waals surface area contributed by atoms with Crippen molar-refractivity contribution in [3.05, 3.63) is 65.2 Å². The van der Waals surface area contributed by atoms with Gasteiger partial charge in [0.25, 0.3) is 0 Å². The van der Waals surface area contributed by atoms with E-state index in [1.165, 1.54) is 5.56 Å². The monoisotopic (exact) mass is 370 g/mol. The van der Waals surface area contributed by atoms with Crippen LogP contribution in [-0.4, -0.2) is 24.9 Å². The van der Waals surface area contributed by atoms with Crippen molar-refractivity contribution in [2.24, 2.45) is 5.92 Å². The summed E-state index contributed by atoms with van der Waals surface area (Å²) < 4.78 is 0. The third kappa shape index (κ3) is 4.25. The molecule has 0 saturated carbocycles. The lowest BCUT2D eigenvalue weighted by molar-refractivity contribution is -0.132. The van der Waals surface area contributed by atoms with Crippen molar-refractivity contribution >= 4 is 29.1 Å². The van der Waals surface area contributed by atoms with Gasteiger partial charge in [-0.1, -0.05) is 48.9 Å². The number of halogens is 1. The van der Waals surface area contributed by atoms with Crippen LogP contribution in [0.25, 0.3) is 0 Å². The molecule has 1 aliphatic rings. The van der Waals surface area contributed by atoms with E-state index < -0.39 is 5.92 Å². The fraction of sp³-hybridized carbons (Fsp3) is 0.333. The number of nitrogens with zero attached hydrogens (tertiary/aromatic N) is 1. The van der Waals surface area contributed by atoms with Gasteiger partial charge >= 0.3 is 0 Å². The minimum atomic E-state index is -0.599. The predicted octanol–water partition coefficient (Wildman–Crippen LogP) is 4.00. The van der Waals surface area contributed by atoms with E-state index in [0.717, 1.165) is 12.1 Å². The lowest BCUT2D eigenvalue weighted by atomic mass is 9.98. The van der Waals surface area contributed by atoms with E-state index in [1.54, 1.807) is 17.0 Å². The Hall–Kier alpha value is -2.33. The molecule has 2 amide bonds. The van der Waals surface area contributed by atoms with Crippen molar-refractivity contribution < 1.29 is 9.59 Å². The minimum absolute atomic E-state index is 0.138. The number of hydrogen-bond acceptors (Lipinski definition) is 2. The highest BCUT2D eigenvalue weighted by atomic mass is 35.5. The van der Waals surface area contributed by atoms with Crippen molar-refractivity contribution in [1.29, 1.82) is 0 Å². The minimum Gasteiger partial charge on any atom is -0.355 e. The first kappa shape index (κ1) is 18.5. The quantitative estimate of drug-likeness (QED) is 0.781. The zero-order valence-corrected chi connectivity index (χ0v) is 15.6. The second-order valence-electron chi connectivity index (χ2n) is 6.70. The maximum absolute atomic E-state index is 12.6. The molecule has 1 saturated heterocycles. The number of nitrogens with one attached hydrogen (secondary N) is 1. The lowest BCUT2D eigenvalue weighted by Crippen LogP contribution is -2.37. The molecule has 2 unspecified atom stereocenters. The van der Waals surface area contributed by atoms with Gasteiger partial charge in [0, 0.05) is 23.8 Å². The fourth-order valence-electron chi connectivity index (χ4n) is 3.28. The van der Waals surface area contributed by atoms with E-state index in [9.17, 15) is 9.59 Å². The van der Waals surface area contributed by atoms with Crippen molar-refractivity contribution in [3.8, 4) is 0 Å². The van der Waals surface area contributed by atoms with Gasteiger partial charge in [0.1, 0.15) is 5.92 Å². The summed E-state index contributed by atoms with van der Waals surface area (Å²) in [6.45, 7) is 3.27. The maximum atomic E-state index is 12.6. The highest BCUT2D eigenvalue weighted by Gasteiger charge is 2.37. The van der Waals surface area contributed by atoms with E-state index in [1.807, 2.05) is 30.3 Å². The summed E-state index contributed by atoms with van der Waals surface area (Å²) in [7, 11) is 0. The molecule has 0 aromatic heterocycles. The van der Waals surface area contributed by atoms with Crippen LogP contribution in [0, 0.1) is 5.92 Å². The zero-order chi connectivity index (χ0) is 18.5. The normalized spacial score (nSPS) is 18.0. The Balaban J connectivity index is 1.51. The van der Waals surface area contributed by atoms with Crippen molar-refractivity contribution in [2.45, 2.75) is 25.7 Å². The average Bonchev–Trinajstić information content (AvgIpc) is 3.04. The molecule has 1 heterocycles. The Bertz CT molecular complexity index is 761. The molecule has 0 bridgehead atoms. The molecule has 2 atom stereocenters. The zero-order valence-electron chi connectivity index (χ0n) is 14.8. The molecule has 4 nitrogen and oxygen atoms in total. The van der Waals surface area contributed by atoms with Gasteiger partial charge in [-0.25, -0.2) is 0 Å². The van der Waals surface area contributed by atoms with Crippen LogP contribution in [-0.2, 0) is 9.59 Å². The molecule has 1 N–H and O–H groups in total. The SMILES string of the molecule is CC(CCNC(=O)C1CCN(c2ccc(Cl)cc2)C1=O)c1ccccc1. The first-order chi connectivity index (χ1) is 12.6. The van der Waals surface area contributed by atoms with Crippen molar-refractivity contribution in [1.82, 2.24) is 5.32 Å². The van der Waals surface area contributed by atoms with Gasteiger partial charge in [-0.15, -0.1) is 0 Å². The van der Waals surface area contributed by atoms with Gasteiger partial charge in [-0.3, -0.25) is 9.59 Å². The molecule has 3 rings (SSSR count). The van der Waals surface area contributed by atoms with E-state index in [-0.39, 0.29) is 11.8 Å². The second kappa shape index (κ2) is 8.37. The number of amides is 2. The summed E-state index contributed by atoms with van der Waals surface area (Å²) in [5.41, 5.74) is 2.04. The number of hydrogen-bond donors (Lipinski definition) is 1. The van der Waals surface area contributed by atoms with Crippen LogP contribution < -0.4 is 10.2 Å². The molecule has 1 aliphatic heterocycles. The molecule has 5 heteroatoms. The smallest absolute Gasteiger partial charge is 0.239 e. The standard InChI is InChI=1S/C21H23ClN2O2/c1-15(16-5-3-2-4-6-16)11-13-23-20(25)19-12-14-24(21(19)26)18-9-7-17(22)8-10-18/h2-10,15,19H,11-14H2,1H3,(H,23,25). The van der Waals surface area contributed by atoms with Gasteiger partial charge < -0.3 is 10.2 Å². The number of carbonyl (C=O) groups is 2. The van der Waals surface area contributed by atoms with Crippen LogP contribution in [0.1, 0.15) is 31.2 Å². The first-order valence-electron chi connectivity index (χ1n) is 8.96. The second-order valence-corrected chi connectivity index (χ2v) is 7.14. The molecule has 26 heavy (non-hydrogen) atoms.